The quantitative estimate of drug-likeness (QED) is 0.640. The molecule has 1 aromatic rings. The number of halogens is 3. The Morgan fingerprint density at radius 3 is 2.05 bits per heavy atom. The fraction of sp³-hybridized carbons (Fsp3) is 0.500. The van der Waals surface area contributed by atoms with Gasteiger partial charge in [-0.3, -0.25) is 13.6 Å². The van der Waals surface area contributed by atoms with E-state index in [-0.39, 0.29) is 18.8 Å². The summed E-state index contributed by atoms with van der Waals surface area (Å²) in [6, 6.07) is 5.65. The first-order valence-corrected chi connectivity index (χ1v) is 7.86. The van der Waals surface area contributed by atoms with Gasteiger partial charge in [0, 0.05) is 5.02 Å². The number of rotatable bonds is 8. The van der Waals surface area contributed by atoms with Gasteiger partial charge in [-0.25, -0.2) is 13.3 Å². The predicted molar refractivity (Wildman–Crippen MR) is 72.1 cm³/mol. The highest BCUT2D eigenvalue weighted by atomic mass is 35.5. The third-order valence-corrected chi connectivity index (χ3v) is 4.13. The molecule has 0 aromatic heterocycles. The van der Waals surface area contributed by atoms with Crippen LogP contribution in [-0.4, -0.2) is 19.6 Å². The summed E-state index contributed by atoms with van der Waals surface area (Å²) in [7, 11) is -4.02. The molecule has 0 N–H and O–H groups in total. The Hall–Kier alpha value is -0.520. The van der Waals surface area contributed by atoms with Crippen molar-refractivity contribution >= 4 is 19.4 Å². The SMILES string of the molecule is CCOP(=O)(OCC)O[C@@H](c1ccc(Cl)cc1)C(F)F. The van der Waals surface area contributed by atoms with Gasteiger partial charge in [-0.1, -0.05) is 23.7 Å². The normalized spacial score (nSPS) is 13.7. The van der Waals surface area contributed by atoms with E-state index in [4.69, 9.17) is 25.2 Å². The smallest absolute Gasteiger partial charge is 0.287 e. The van der Waals surface area contributed by atoms with Crippen LogP contribution >= 0.6 is 19.4 Å². The third kappa shape index (κ3) is 5.11. The van der Waals surface area contributed by atoms with E-state index in [1.807, 2.05) is 0 Å². The fourth-order valence-electron chi connectivity index (χ4n) is 1.46. The lowest BCUT2D eigenvalue weighted by Crippen LogP contribution is -2.14. The van der Waals surface area contributed by atoms with Gasteiger partial charge < -0.3 is 0 Å². The Morgan fingerprint density at radius 2 is 1.65 bits per heavy atom. The molecule has 8 heteroatoms. The van der Waals surface area contributed by atoms with Gasteiger partial charge in [-0.15, -0.1) is 0 Å². The van der Waals surface area contributed by atoms with E-state index in [1.54, 1.807) is 13.8 Å². The van der Waals surface area contributed by atoms with Gasteiger partial charge in [0.25, 0.3) is 6.43 Å². The lowest BCUT2D eigenvalue weighted by atomic mass is 10.1. The summed E-state index contributed by atoms with van der Waals surface area (Å²) in [4.78, 5) is 0. The zero-order valence-corrected chi connectivity index (χ0v) is 12.7. The maximum Gasteiger partial charge on any atom is 0.475 e. The Balaban J connectivity index is 2.96. The molecular weight excluding hydrogens is 313 g/mol. The molecule has 1 atom stereocenters. The van der Waals surface area contributed by atoms with Gasteiger partial charge in [-0.2, -0.15) is 0 Å². The van der Waals surface area contributed by atoms with Gasteiger partial charge in [0.05, 0.1) is 13.2 Å². The monoisotopic (exact) mass is 328 g/mol. The molecule has 4 nitrogen and oxygen atoms in total. The molecule has 0 aliphatic carbocycles. The van der Waals surface area contributed by atoms with Crippen LogP contribution in [0.3, 0.4) is 0 Å². The van der Waals surface area contributed by atoms with Gasteiger partial charge in [0.1, 0.15) is 0 Å². The van der Waals surface area contributed by atoms with E-state index in [2.05, 4.69) is 0 Å². The van der Waals surface area contributed by atoms with Crippen molar-refractivity contribution in [3.05, 3.63) is 34.9 Å². The maximum atomic E-state index is 13.1. The molecule has 0 fully saturated rings. The zero-order valence-electron chi connectivity index (χ0n) is 11.1. The number of hydrogen-bond acceptors (Lipinski definition) is 4. The van der Waals surface area contributed by atoms with E-state index in [1.165, 1.54) is 24.3 Å². The molecule has 0 amide bonds. The summed E-state index contributed by atoms with van der Waals surface area (Å²) in [5.41, 5.74) is 0.143. The van der Waals surface area contributed by atoms with E-state index < -0.39 is 20.4 Å². The number of hydrogen-bond donors (Lipinski definition) is 0. The summed E-state index contributed by atoms with van der Waals surface area (Å²) >= 11 is 5.70. The highest BCUT2D eigenvalue weighted by Crippen LogP contribution is 2.54. The van der Waals surface area contributed by atoms with Crippen molar-refractivity contribution < 1.29 is 26.9 Å². The number of alkyl halides is 2. The predicted octanol–water partition coefficient (Wildman–Crippen LogP) is 4.84. The van der Waals surface area contributed by atoms with Crippen molar-refractivity contribution in [1.29, 1.82) is 0 Å². The second kappa shape index (κ2) is 8.05. The first kappa shape index (κ1) is 17.5. The summed E-state index contributed by atoms with van der Waals surface area (Å²) < 4.78 is 53.0. The highest BCUT2D eigenvalue weighted by Gasteiger charge is 2.35. The summed E-state index contributed by atoms with van der Waals surface area (Å²) in [6.45, 7) is 3.17. The van der Waals surface area contributed by atoms with Crippen molar-refractivity contribution in [2.45, 2.75) is 26.4 Å². The maximum absolute atomic E-state index is 13.1. The van der Waals surface area contributed by atoms with Crippen molar-refractivity contribution in [2.24, 2.45) is 0 Å². The van der Waals surface area contributed by atoms with Crippen LogP contribution in [-0.2, 0) is 18.1 Å². The number of phosphoric acid groups is 1. The van der Waals surface area contributed by atoms with E-state index in [9.17, 15) is 13.3 Å². The molecule has 0 saturated heterocycles. The van der Waals surface area contributed by atoms with Gasteiger partial charge in [0.2, 0.25) is 0 Å². The zero-order chi connectivity index (χ0) is 15.2. The van der Waals surface area contributed by atoms with Crippen LogP contribution in [0.25, 0.3) is 0 Å². The Bertz CT molecular complexity index is 445. The first-order valence-electron chi connectivity index (χ1n) is 6.03. The molecule has 0 aliphatic rings. The van der Waals surface area contributed by atoms with Gasteiger partial charge in [-0.05, 0) is 31.5 Å². The molecule has 20 heavy (non-hydrogen) atoms. The van der Waals surface area contributed by atoms with Crippen LogP contribution in [0, 0.1) is 0 Å². The van der Waals surface area contributed by atoms with E-state index in [0.717, 1.165) is 0 Å². The van der Waals surface area contributed by atoms with Crippen LogP contribution in [0.15, 0.2) is 24.3 Å². The summed E-state index contributed by atoms with van der Waals surface area (Å²) in [5.74, 6) is 0. The Morgan fingerprint density at radius 1 is 1.15 bits per heavy atom. The van der Waals surface area contributed by atoms with Crippen LogP contribution in [0.2, 0.25) is 5.02 Å². The lowest BCUT2D eigenvalue weighted by molar-refractivity contribution is -0.0173. The van der Waals surface area contributed by atoms with Crippen molar-refractivity contribution in [3.63, 3.8) is 0 Å². The van der Waals surface area contributed by atoms with Crippen molar-refractivity contribution in [1.82, 2.24) is 0 Å². The lowest BCUT2D eigenvalue weighted by Gasteiger charge is -2.23. The van der Waals surface area contributed by atoms with Crippen LogP contribution in [0.1, 0.15) is 25.5 Å². The minimum atomic E-state index is -4.02. The van der Waals surface area contributed by atoms with Gasteiger partial charge >= 0.3 is 7.82 Å². The molecule has 0 radical (unpaired) electrons. The standard InChI is InChI=1S/C12H16ClF2O4P/c1-3-17-20(16,18-4-2)19-11(12(14)15)9-5-7-10(13)8-6-9/h5-8,11-12H,3-4H2,1-2H3/t11-/m0/s1. The Labute approximate surface area is 121 Å². The molecule has 0 spiro atoms. The van der Waals surface area contributed by atoms with Crippen LogP contribution in [0.4, 0.5) is 8.78 Å². The molecular formula is C12H16ClF2O4P. The molecule has 1 aromatic carbocycles. The van der Waals surface area contributed by atoms with E-state index >= 15 is 0 Å². The average molecular weight is 329 g/mol. The minimum absolute atomic E-state index is 0.0217. The topological polar surface area (TPSA) is 44.8 Å². The van der Waals surface area contributed by atoms with Crippen LogP contribution in [0.5, 0.6) is 0 Å². The van der Waals surface area contributed by atoms with Crippen molar-refractivity contribution in [3.8, 4) is 0 Å². The molecule has 0 heterocycles. The molecule has 0 aliphatic heterocycles. The fourth-order valence-corrected chi connectivity index (χ4v) is 2.90. The molecule has 1 rings (SSSR count). The molecule has 114 valence electrons. The van der Waals surface area contributed by atoms with E-state index in [0.29, 0.717) is 5.02 Å². The van der Waals surface area contributed by atoms with Crippen molar-refractivity contribution in [2.75, 3.05) is 13.2 Å². The second-order valence-electron chi connectivity index (χ2n) is 3.69. The van der Waals surface area contributed by atoms with Crippen LogP contribution < -0.4 is 0 Å². The molecule has 0 unspecified atom stereocenters. The molecule has 0 saturated carbocycles. The van der Waals surface area contributed by atoms with Gasteiger partial charge in [0.15, 0.2) is 6.10 Å². The largest absolute Gasteiger partial charge is 0.475 e. The summed E-state index contributed by atoms with van der Waals surface area (Å²) in [6.07, 6.45) is -4.60. The molecule has 0 bridgehead atoms. The second-order valence-corrected chi connectivity index (χ2v) is 5.75. The Kier molecular flexibility index (Phi) is 7.06. The average Bonchev–Trinajstić information content (AvgIpc) is 2.37. The summed E-state index contributed by atoms with van der Waals surface area (Å²) in [5, 5.41) is 0.402. The number of benzene rings is 1. The third-order valence-electron chi connectivity index (χ3n) is 2.24. The first-order chi connectivity index (χ1) is 9.41. The number of phosphoric ester groups is 1. The minimum Gasteiger partial charge on any atom is -0.287 e. The highest BCUT2D eigenvalue weighted by molar-refractivity contribution is 7.48.